The number of aryl methyl sites for hydroxylation is 3. The highest BCUT2D eigenvalue weighted by molar-refractivity contribution is 5.76. The zero-order valence-corrected chi connectivity index (χ0v) is 18.4. The third-order valence-corrected chi connectivity index (χ3v) is 5.76. The molecule has 160 valence electrons. The van der Waals surface area contributed by atoms with Gasteiger partial charge in [-0.25, -0.2) is 9.50 Å². The summed E-state index contributed by atoms with van der Waals surface area (Å²) in [7, 11) is 0. The van der Waals surface area contributed by atoms with Gasteiger partial charge in [0.1, 0.15) is 6.33 Å². The third-order valence-electron chi connectivity index (χ3n) is 5.76. The highest BCUT2D eigenvalue weighted by atomic mass is 16.1. The molecule has 4 aromatic rings. The fraction of sp³-hybridized carbons (Fsp3) is 0.348. The molecule has 0 aliphatic rings. The predicted molar refractivity (Wildman–Crippen MR) is 118 cm³/mol. The first kappa shape index (κ1) is 20.7. The normalized spacial score (nSPS) is 11.2. The van der Waals surface area contributed by atoms with E-state index in [4.69, 9.17) is 0 Å². The van der Waals surface area contributed by atoms with Crippen LogP contribution in [0.5, 0.6) is 0 Å². The molecule has 3 heterocycles. The van der Waals surface area contributed by atoms with Gasteiger partial charge in [0, 0.05) is 35.6 Å². The molecule has 0 fully saturated rings. The van der Waals surface area contributed by atoms with Gasteiger partial charge >= 0.3 is 0 Å². The Hall–Kier alpha value is -3.55. The maximum Gasteiger partial charge on any atom is 0.252 e. The number of fused-ring (bicyclic) bond motifs is 1. The van der Waals surface area contributed by atoms with E-state index in [1.54, 1.807) is 4.52 Å². The Morgan fingerprint density at radius 3 is 2.55 bits per heavy atom. The van der Waals surface area contributed by atoms with Crippen molar-refractivity contribution < 1.29 is 4.79 Å². The molecule has 1 amide bonds. The number of hydrogen-bond acceptors (Lipinski definition) is 5. The summed E-state index contributed by atoms with van der Waals surface area (Å²) >= 11 is 0. The van der Waals surface area contributed by atoms with Crippen molar-refractivity contribution in [1.82, 2.24) is 34.7 Å². The second-order valence-corrected chi connectivity index (χ2v) is 7.80. The van der Waals surface area contributed by atoms with Gasteiger partial charge < -0.3 is 5.32 Å². The Labute approximate surface area is 181 Å². The zero-order chi connectivity index (χ0) is 22.0. The Kier molecular flexibility index (Phi) is 5.79. The molecule has 0 saturated carbocycles. The minimum absolute atomic E-state index is 0.00657. The first-order valence-electron chi connectivity index (χ1n) is 10.4. The van der Waals surface area contributed by atoms with Gasteiger partial charge in [-0.15, -0.1) is 0 Å². The van der Waals surface area contributed by atoms with E-state index in [0.29, 0.717) is 25.2 Å². The largest absolute Gasteiger partial charge is 0.352 e. The number of nitrogens with one attached hydrogen (secondary N) is 1. The van der Waals surface area contributed by atoms with Crippen LogP contribution in [0.2, 0.25) is 0 Å². The van der Waals surface area contributed by atoms with Crippen molar-refractivity contribution in [3.05, 3.63) is 76.1 Å². The zero-order valence-electron chi connectivity index (χ0n) is 18.4. The van der Waals surface area contributed by atoms with Crippen LogP contribution in [0.15, 0.2) is 36.7 Å². The van der Waals surface area contributed by atoms with E-state index < -0.39 is 0 Å². The van der Waals surface area contributed by atoms with E-state index in [-0.39, 0.29) is 5.91 Å². The van der Waals surface area contributed by atoms with Gasteiger partial charge in [-0.2, -0.15) is 15.2 Å². The summed E-state index contributed by atoms with van der Waals surface area (Å²) in [6.45, 7) is 9.17. The number of amides is 1. The van der Waals surface area contributed by atoms with Gasteiger partial charge in [0.2, 0.25) is 5.91 Å². The highest BCUT2D eigenvalue weighted by Crippen LogP contribution is 2.16. The summed E-state index contributed by atoms with van der Waals surface area (Å²) in [5.41, 5.74) is 7.20. The van der Waals surface area contributed by atoms with Gasteiger partial charge in [0.25, 0.3) is 5.78 Å². The SMILES string of the molecule is Cc1nn(Cc2ccccc2)c(C)c1CNC(=O)CCc1c(C)nc2ncnn2c1C. The lowest BCUT2D eigenvalue weighted by molar-refractivity contribution is -0.121. The molecule has 0 atom stereocenters. The molecule has 31 heavy (non-hydrogen) atoms. The molecule has 0 bridgehead atoms. The van der Waals surface area contributed by atoms with Crippen LogP contribution in [-0.4, -0.2) is 35.3 Å². The molecule has 0 aliphatic heterocycles. The lowest BCUT2D eigenvalue weighted by Gasteiger charge is -2.11. The summed E-state index contributed by atoms with van der Waals surface area (Å²) in [5.74, 6) is 0.591. The Morgan fingerprint density at radius 2 is 1.77 bits per heavy atom. The minimum atomic E-state index is 0.00657. The molecule has 0 aliphatic carbocycles. The van der Waals surface area contributed by atoms with Crippen LogP contribution in [0.25, 0.3) is 5.78 Å². The van der Waals surface area contributed by atoms with E-state index in [2.05, 4.69) is 44.5 Å². The van der Waals surface area contributed by atoms with Crippen LogP contribution in [0.3, 0.4) is 0 Å². The fourth-order valence-electron chi connectivity index (χ4n) is 3.93. The number of aromatic nitrogens is 6. The average molecular weight is 418 g/mol. The molecule has 1 aromatic carbocycles. The Bertz CT molecular complexity index is 1220. The molecule has 0 radical (unpaired) electrons. The van der Waals surface area contributed by atoms with Gasteiger partial charge in [0.05, 0.1) is 12.2 Å². The molecule has 0 unspecified atom stereocenters. The van der Waals surface area contributed by atoms with Crippen molar-refractivity contribution in [1.29, 1.82) is 0 Å². The summed E-state index contributed by atoms with van der Waals surface area (Å²) < 4.78 is 3.71. The molecular weight excluding hydrogens is 390 g/mol. The maximum absolute atomic E-state index is 12.6. The average Bonchev–Trinajstić information content (AvgIpc) is 3.32. The van der Waals surface area contributed by atoms with Crippen LogP contribution in [0.1, 0.15) is 45.9 Å². The molecule has 0 spiro atoms. The van der Waals surface area contributed by atoms with Crippen molar-refractivity contribution in [3.63, 3.8) is 0 Å². The molecule has 1 N–H and O–H groups in total. The Morgan fingerprint density at radius 1 is 1.00 bits per heavy atom. The number of carbonyl (C=O) groups excluding carboxylic acids is 1. The Balaban J connectivity index is 1.38. The second-order valence-electron chi connectivity index (χ2n) is 7.80. The van der Waals surface area contributed by atoms with Gasteiger partial charge in [-0.3, -0.25) is 9.48 Å². The van der Waals surface area contributed by atoms with E-state index in [9.17, 15) is 4.79 Å². The van der Waals surface area contributed by atoms with E-state index >= 15 is 0 Å². The van der Waals surface area contributed by atoms with Crippen LogP contribution in [0.4, 0.5) is 0 Å². The molecule has 8 nitrogen and oxygen atoms in total. The molecule has 3 aromatic heterocycles. The van der Waals surface area contributed by atoms with E-state index in [1.165, 1.54) is 11.9 Å². The highest BCUT2D eigenvalue weighted by Gasteiger charge is 2.15. The van der Waals surface area contributed by atoms with Crippen LogP contribution in [-0.2, 0) is 24.3 Å². The van der Waals surface area contributed by atoms with Crippen molar-refractivity contribution in [2.24, 2.45) is 0 Å². The summed E-state index contributed by atoms with van der Waals surface area (Å²) in [5, 5.41) is 11.9. The second kappa shape index (κ2) is 8.67. The molecular formula is C23H27N7O. The first-order valence-corrected chi connectivity index (χ1v) is 10.4. The quantitative estimate of drug-likeness (QED) is 0.499. The van der Waals surface area contributed by atoms with Crippen LogP contribution in [0, 0.1) is 27.7 Å². The first-order chi connectivity index (χ1) is 14.9. The standard InChI is InChI=1S/C23H27N7O/c1-15-20(18(4)30-23(27-15)25-14-26-30)10-11-22(31)24-12-21-16(2)28-29(17(21)3)13-19-8-6-5-7-9-19/h5-9,14H,10-13H2,1-4H3,(H,24,31). The van der Waals surface area contributed by atoms with Gasteiger partial charge in [-0.05, 0) is 45.2 Å². The summed E-state index contributed by atoms with van der Waals surface area (Å²) in [4.78, 5) is 21.2. The third kappa shape index (κ3) is 4.33. The summed E-state index contributed by atoms with van der Waals surface area (Å²) in [6.07, 6.45) is 2.49. The number of nitrogens with zero attached hydrogens (tertiary/aromatic N) is 6. The van der Waals surface area contributed by atoms with Crippen molar-refractivity contribution >= 4 is 11.7 Å². The molecule has 8 heteroatoms. The van der Waals surface area contributed by atoms with E-state index in [0.717, 1.165) is 40.4 Å². The smallest absolute Gasteiger partial charge is 0.252 e. The van der Waals surface area contributed by atoms with Crippen molar-refractivity contribution in [3.8, 4) is 0 Å². The number of carbonyl (C=O) groups is 1. The van der Waals surface area contributed by atoms with E-state index in [1.807, 2.05) is 43.7 Å². The topological polar surface area (TPSA) is 90.0 Å². The lowest BCUT2D eigenvalue weighted by atomic mass is 10.1. The molecule has 4 rings (SSSR count). The number of rotatable bonds is 7. The molecule has 0 saturated heterocycles. The monoisotopic (exact) mass is 417 g/mol. The lowest BCUT2D eigenvalue weighted by Crippen LogP contribution is -2.24. The maximum atomic E-state index is 12.6. The fourth-order valence-corrected chi connectivity index (χ4v) is 3.93. The van der Waals surface area contributed by atoms with Gasteiger partial charge in [-0.1, -0.05) is 30.3 Å². The van der Waals surface area contributed by atoms with Crippen LogP contribution >= 0.6 is 0 Å². The summed E-state index contributed by atoms with van der Waals surface area (Å²) in [6, 6.07) is 10.2. The number of hydrogen-bond donors (Lipinski definition) is 1. The van der Waals surface area contributed by atoms with Gasteiger partial charge in [0.15, 0.2) is 0 Å². The van der Waals surface area contributed by atoms with Crippen molar-refractivity contribution in [2.75, 3.05) is 0 Å². The van der Waals surface area contributed by atoms with Crippen molar-refractivity contribution in [2.45, 2.75) is 53.6 Å². The van der Waals surface area contributed by atoms with Crippen LogP contribution < -0.4 is 5.32 Å². The minimum Gasteiger partial charge on any atom is -0.352 e. The predicted octanol–water partition coefficient (Wildman–Crippen LogP) is 2.85. The number of benzene rings is 1.